The minimum atomic E-state index is 0.749. The minimum absolute atomic E-state index is 0.749. The molecule has 18 heavy (non-hydrogen) atoms. The van der Waals surface area contributed by atoms with Crippen LogP contribution in [0.4, 0.5) is 5.69 Å². The molecule has 90 valence electrons. The number of fused-ring (bicyclic) bond motifs is 1. The number of nitrogens with zero attached hydrogens (tertiary/aromatic N) is 2. The van der Waals surface area contributed by atoms with Gasteiger partial charge in [0.15, 0.2) is 0 Å². The highest BCUT2D eigenvalue weighted by Crippen LogP contribution is 2.22. The summed E-state index contributed by atoms with van der Waals surface area (Å²) in [6.45, 7) is 2.75. The molecule has 0 bridgehead atoms. The monoisotopic (exact) mass is 237 g/mol. The van der Waals surface area contributed by atoms with E-state index in [4.69, 9.17) is 5.73 Å². The zero-order chi connectivity index (χ0) is 12.5. The van der Waals surface area contributed by atoms with Gasteiger partial charge in [0.05, 0.1) is 23.4 Å². The molecule has 3 aromatic rings. The second-order valence-corrected chi connectivity index (χ2v) is 4.50. The third kappa shape index (κ3) is 1.84. The second-order valence-electron chi connectivity index (χ2n) is 4.50. The number of benzene rings is 1. The van der Waals surface area contributed by atoms with Crippen LogP contribution < -0.4 is 5.73 Å². The summed E-state index contributed by atoms with van der Waals surface area (Å²) >= 11 is 0. The molecule has 2 aromatic heterocycles. The molecule has 0 saturated carbocycles. The van der Waals surface area contributed by atoms with Crippen LogP contribution in [-0.2, 0) is 6.54 Å². The van der Waals surface area contributed by atoms with Gasteiger partial charge in [0, 0.05) is 17.3 Å². The number of hydrogen-bond donors (Lipinski definition) is 1. The van der Waals surface area contributed by atoms with Crippen molar-refractivity contribution in [2.24, 2.45) is 0 Å². The van der Waals surface area contributed by atoms with Crippen LogP contribution in [0.2, 0.25) is 0 Å². The number of nitrogens with two attached hydrogens (primary N) is 1. The Kier molecular flexibility index (Phi) is 2.52. The Morgan fingerprint density at radius 2 is 1.94 bits per heavy atom. The third-order valence-corrected chi connectivity index (χ3v) is 3.10. The molecule has 2 N–H and O–H groups in total. The van der Waals surface area contributed by atoms with Crippen molar-refractivity contribution in [1.29, 1.82) is 0 Å². The van der Waals surface area contributed by atoms with E-state index in [-0.39, 0.29) is 0 Å². The molecule has 0 aliphatic heterocycles. The maximum absolute atomic E-state index is 6.04. The number of aryl methyl sites for hydroxylation is 1. The van der Waals surface area contributed by atoms with Gasteiger partial charge in [-0.3, -0.25) is 4.98 Å². The first-order chi connectivity index (χ1) is 8.74. The summed E-state index contributed by atoms with van der Waals surface area (Å²) in [5, 5.41) is 1.17. The van der Waals surface area contributed by atoms with Crippen LogP contribution in [0.1, 0.15) is 11.4 Å². The van der Waals surface area contributed by atoms with Crippen LogP contribution in [-0.4, -0.2) is 9.55 Å². The molecule has 0 spiro atoms. The number of nitrogen functional groups attached to an aromatic ring is 1. The Balaban J connectivity index is 2.05. The van der Waals surface area contributed by atoms with E-state index in [2.05, 4.69) is 27.9 Å². The molecular formula is C15H15N3. The Morgan fingerprint density at radius 1 is 1.11 bits per heavy atom. The summed E-state index contributed by atoms with van der Waals surface area (Å²) in [7, 11) is 0. The Bertz CT molecular complexity index is 698. The van der Waals surface area contributed by atoms with Crippen molar-refractivity contribution in [1.82, 2.24) is 9.55 Å². The molecule has 0 unspecified atom stereocenters. The van der Waals surface area contributed by atoms with Crippen molar-refractivity contribution in [2.45, 2.75) is 13.5 Å². The first kappa shape index (κ1) is 10.8. The van der Waals surface area contributed by atoms with Crippen molar-refractivity contribution in [3.05, 3.63) is 60.0 Å². The van der Waals surface area contributed by atoms with E-state index in [0.29, 0.717) is 0 Å². The smallest absolute Gasteiger partial charge is 0.0717 e. The topological polar surface area (TPSA) is 43.8 Å². The van der Waals surface area contributed by atoms with E-state index in [1.54, 1.807) is 0 Å². The Hall–Kier alpha value is -2.29. The Labute approximate surface area is 106 Å². The Morgan fingerprint density at radius 3 is 2.78 bits per heavy atom. The maximum atomic E-state index is 6.04. The molecule has 0 saturated heterocycles. The molecule has 0 aliphatic carbocycles. The van der Waals surface area contributed by atoms with Gasteiger partial charge >= 0.3 is 0 Å². The average molecular weight is 237 g/mol. The van der Waals surface area contributed by atoms with Gasteiger partial charge in [0.25, 0.3) is 0 Å². The van der Waals surface area contributed by atoms with Gasteiger partial charge < -0.3 is 10.3 Å². The lowest BCUT2D eigenvalue weighted by molar-refractivity contribution is 0.803. The lowest BCUT2D eigenvalue weighted by atomic mass is 10.2. The van der Waals surface area contributed by atoms with Crippen molar-refractivity contribution >= 4 is 16.6 Å². The molecular weight excluding hydrogens is 222 g/mol. The predicted octanol–water partition coefficient (Wildman–Crippen LogP) is 2.98. The van der Waals surface area contributed by atoms with Crippen LogP contribution in [0, 0.1) is 6.92 Å². The van der Waals surface area contributed by atoms with E-state index in [1.165, 1.54) is 5.39 Å². The van der Waals surface area contributed by atoms with E-state index in [9.17, 15) is 0 Å². The number of anilines is 1. The molecule has 0 atom stereocenters. The fourth-order valence-electron chi connectivity index (χ4n) is 2.28. The molecule has 0 fully saturated rings. The maximum Gasteiger partial charge on any atom is 0.0717 e. The molecule has 0 aliphatic rings. The lowest BCUT2D eigenvalue weighted by Gasteiger charge is -2.07. The fourth-order valence-corrected chi connectivity index (χ4v) is 2.28. The summed E-state index contributed by atoms with van der Waals surface area (Å²) in [6, 6.07) is 14.2. The summed E-state index contributed by atoms with van der Waals surface area (Å²) in [5.74, 6) is 0. The number of rotatable bonds is 2. The normalized spacial score (nSPS) is 10.9. The zero-order valence-electron chi connectivity index (χ0n) is 10.3. The first-order valence-corrected chi connectivity index (χ1v) is 6.00. The average Bonchev–Trinajstić information content (AvgIpc) is 2.74. The van der Waals surface area contributed by atoms with Gasteiger partial charge in [-0.2, -0.15) is 0 Å². The van der Waals surface area contributed by atoms with Crippen LogP contribution in [0.3, 0.4) is 0 Å². The number of pyridine rings is 1. The second kappa shape index (κ2) is 4.18. The van der Waals surface area contributed by atoms with E-state index < -0.39 is 0 Å². The quantitative estimate of drug-likeness (QED) is 0.696. The van der Waals surface area contributed by atoms with Crippen LogP contribution in [0.5, 0.6) is 0 Å². The molecule has 3 heteroatoms. The van der Waals surface area contributed by atoms with Crippen LogP contribution in [0.25, 0.3) is 10.9 Å². The van der Waals surface area contributed by atoms with Gasteiger partial charge in [-0.1, -0.05) is 18.2 Å². The lowest BCUT2D eigenvalue weighted by Crippen LogP contribution is -2.02. The zero-order valence-corrected chi connectivity index (χ0v) is 10.3. The van der Waals surface area contributed by atoms with E-state index >= 15 is 0 Å². The molecule has 0 amide bonds. The summed E-state index contributed by atoms with van der Waals surface area (Å²) in [4.78, 5) is 4.52. The SMILES string of the molecule is Cc1cccc(Cn2ccc3cccc(N)c32)n1. The number of aromatic nitrogens is 2. The first-order valence-electron chi connectivity index (χ1n) is 6.00. The van der Waals surface area contributed by atoms with E-state index in [0.717, 1.165) is 29.1 Å². The van der Waals surface area contributed by atoms with Crippen molar-refractivity contribution in [2.75, 3.05) is 5.73 Å². The molecule has 1 aromatic carbocycles. The van der Waals surface area contributed by atoms with Gasteiger partial charge in [-0.05, 0) is 31.2 Å². The highest BCUT2D eigenvalue weighted by Gasteiger charge is 2.05. The van der Waals surface area contributed by atoms with Gasteiger partial charge in [0.1, 0.15) is 0 Å². The number of para-hydroxylation sites is 1. The molecule has 3 rings (SSSR count). The van der Waals surface area contributed by atoms with Crippen molar-refractivity contribution in [3.63, 3.8) is 0 Å². The standard InChI is InChI=1S/C15H15N3/c1-11-4-2-6-13(17-11)10-18-9-8-12-5-3-7-14(16)15(12)18/h2-9H,10,16H2,1H3. The van der Waals surface area contributed by atoms with Gasteiger partial charge in [-0.25, -0.2) is 0 Å². The van der Waals surface area contributed by atoms with Crippen LogP contribution >= 0.6 is 0 Å². The highest BCUT2D eigenvalue weighted by molar-refractivity contribution is 5.90. The summed E-state index contributed by atoms with van der Waals surface area (Å²) < 4.78 is 2.15. The van der Waals surface area contributed by atoms with Crippen LogP contribution in [0.15, 0.2) is 48.7 Å². The highest BCUT2D eigenvalue weighted by atomic mass is 15.0. The molecule has 0 radical (unpaired) electrons. The van der Waals surface area contributed by atoms with E-state index in [1.807, 2.05) is 37.3 Å². The van der Waals surface area contributed by atoms with Crippen molar-refractivity contribution < 1.29 is 0 Å². The fraction of sp³-hybridized carbons (Fsp3) is 0.133. The van der Waals surface area contributed by atoms with Gasteiger partial charge in [0.2, 0.25) is 0 Å². The van der Waals surface area contributed by atoms with Gasteiger partial charge in [-0.15, -0.1) is 0 Å². The summed E-state index contributed by atoms with van der Waals surface area (Å²) in [5.41, 5.74) is 10.0. The van der Waals surface area contributed by atoms with Crippen molar-refractivity contribution in [3.8, 4) is 0 Å². The number of hydrogen-bond acceptors (Lipinski definition) is 2. The molecule has 3 nitrogen and oxygen atoms in total. The summed E-state index contributed by atoms with van der Waals surface area (Å²) in [6.07, 6.45) is 2.06. The predicted molar refractivity (Wildman–Crippen MR) is 74.4 cm³/mol. The third-order valence-electron chi connectivity index (χ3n) is 3.10. The minimum Gasteiger partial charge on any atom is -0.397 e. The largest absolute Gasteiger partial charge is 0.397 e. The molecule has 2 heterocycles.